The summed E-state index contributed by atoms with van der Waals surface area (Å²) in [5.41, 5.74) is 5.39. The molecule has 0 saturated heterocycles. The molecule has 106 valence electrons. The zero-order chi connectivity index (χ0) is 15.2. The average molecular weight is 287 g/mol. The van der Waals surface area contributed by atoms with E-state index in [9.17, 15) is 13.6 Å². The van der Waals surface area contributed by atoms with Gasteiger partial charge in [0.15, 0.2) is 0 Å². The normalized spacial score (nSPS) is 9.67. The number of nitrogens with zero attached hydrogens (tertiary/aromatic N) is 1. The fraction of sp³-hybridized carbons (Fsp3) is 0.0667. The molecule has 0 aliphatic rings. The van der Waals surface area contributed by atoms with Crippen LogP contribution in [0.3, 0.4) is 0 Å². The summed E-state index contributed by atoms with van der Waals surface area (Å²) < 4.78 is 26.6. The second-order valence-electron chi connectivity index (χ2n) is 3.98. The molecule has 1 heterocycles. The Morgan fingerprint density at radius 2 is 2.14 bits per heavy atom. The molecule has 0 unspecified atom stereocenters. The molecule has 0 aliphatic carbocycles. The Morgan fingerprint density at radius 3 is 2.90 bits per heavy atom. The highest BCUT2D eigenvalue weighted by molar-refractivity contribution is 6.04. The molecule has 0 aliphatic heterocycles. The van der Waals surface area contributed by atoms with Crippen LogP contribution in [0.2, 0.25) is 0 Å². The number of hydrogen-bond acceptors (Lipinski definition) is 3. The fourth-order valence-corrected chi connectivity index (χ4v) is 1.61. The first-order valence-corrected chi connectivity index (χ1v) is 6.02. The van der Waals surface area contributed by atoms with Gasteiger partial charge in [-0.15, -0.1) is 0 Å². The quantitative estimate of drug-likeness (QED) is 0.829. The molecule has 0 radical (unpaired) electrons. The minimum absolute atomic E-state index is 0.0158. The number of anilines is 1. The van der Waals surface area contributed by atoms with Crippen molar-refractivity contribution < 1.29 is 13.6 Å². The van der Waals surface area contributed by atoms with Crippen molar-refractivity contribution in [3.05, 3.63) is 59.4 Å². The summed E-state index contributed by atoms with van der Waals surface area (Å²) in [7, 11) is 0. The molecule has 3 N–H and O–H groups in total. The van der Waals surface area contributed by atoms with E-state index in [0.29, 0.717) is 5.56 Å². The number of nitrogens with two attached hydrogens (primary N) is 1. The molecule has 0 saturated carbocycles. The van der Waals surface area contributed by atoms with Crippen LogP contribution in [-0.2, 0) is 0 Å². The van der Waals surface area contributed by atoms with Gasteiger partial charge in [-0.3, -0.25) is 4.79 Å². The van der Waals surface area contributed by atoms with E-state index < -0.39 is 17.5 Å². The predicted molar refractivity (Wildman–Crippen MR) is 74.5 cm³/mol. The lowest BCUT2D eigenvalue weighted by atomic mass is 10.2. The van der Waals surface area contributed by atoms with Crippen LogP contribution < -0.4 is 11.1 Å². The Morgan fingerprint density at radius 1 is 1.33 bits per heavy atom. The zero-order valence-electron chi connectivity index (χ0n) is 10.9. The van der Waals surface area contributed by atoms with Gasteiger partial charge in [0.05, 0.1) is 17.8 Å². The number of carbonyl (C=O) groups is 1. The third-order valence-corrected chi connectivity index (χ3v) is 2.52. The van der Waals surface area contributed by atoms with E-state index in [4.69, 9.17) is 5.73 Å². The largest absolute Gasteiger partial charge is 0.320 e. The Balaban J connectivity index is 2.31. The average Bonchev–Trinajstić information content (AvgIpc) is 2.49. The molecular weight excluding hydrogens is 276 g/mol. The maximum Gasteiger partial charge on any atom is 0.275 e. The lowest BCUT2D eigenvalue weighted by molar-refractivity contribution is 0.102. The van der Waals surface area contributed by atoms with Crippen LogP contribution in [0.15, 0.2) is 36.5 Å². The number of carbonyl (C=O) groups excluding carboxylic acids is 1. The van der Waals surface area contributed by atoms with Gasteiger partial charge in [0.2, 0.25) is 0 Å². The van der Waals surface area contributed by atoms with E-state index in [0.717, 1.165) is 18.2 Å². The summed E-state index contributed by atoms with van der Waals surface area (Å²) in [5, 5.41) is 2.27. The monoisotopic (exact) mass is 287 g/mol. The van der Waals surface area contributed by atoms with Gasteiger partial charge in [0, 0.05) is 12.3 Å². The standard InChI is InChI=1S/C15H11F2N3O/c16-11-5-6-12(17)13(9-11)20-15(21)14-10(3-1-7-18)4-2-8-19-14/h2,4-6,8-9H,7,18H2,(H,20,21). The van der Waals surface area contributed by atoms with Gasteiger partial charge in [-0.2, -0.15) is 0 Å². The van der Waals surface area contributed by atoms with Crippen LogP contribution in [0.25, 0.3) is 0 Å². The molecule has 1 aromatic carbocycles. The van der Waals surface area contributed by atoms with Crippen molar-refractivity contribution in [2.75, 3.05) is 11.9 Å². The van der Waals surface area contributed by atoms with Crippen molar-refractivity contribution in [3.8, 4) is 11.8 Å². The van der Waals surface area contributed by atoms with Crippen molar-refractivity contribution in [3.63, 3.8) is 0 Å². The number of aromatic nitrogens is 1. The van der Waals surface area contributed by atoms with Gasteiger partial charge in [0.1, 0.15) is 17.3 Å². The van der Waals surface area contributed by atoms with Crippen LogP contribution in [0.1, 0.15) is 16.1 Å². The maximum atomic E-state index is 13.5. The molecule has 2 rings (SSSR count). The Hall–Kier alpha value is -2.78. The molecule has 2 aromatic rings. The number of benzene rings is 1. The minimum Gasteiger partial charge on any atom is -0.320 e. The van der Waals surface area contributed by atoms with Crippen molar-refractivity contribution in [2.24, 2.45) is 5.73 Å². The van der Waals surface area contributed by atoms with Gasteiger partial charge in [-0.25, -0.2) is 13.8 Å². The van der Waals surface area contributed by atoms with E-state index in [-0.39, 0.29) is 17.9 Å². The molecule has 21 heavy (non-hydrogen) atoms. The molecule has 1 aromatic heterocycles. The van der Waals surface area contributed by atoms with E-state index in [1.54, 1.807) is 12.1 Å². The van der Waals surface area contributed by atoms with Gasteiger partial charge >= 0.3 is 0 Å². The van der Waals surface area contributed by atoms with Crippen molar-refractivity contribution in [1.82, 2.24) is 4.98 Å². The summed E-state index contributed by atoms with van der Waals surface area (Å²) in [4.78, 5) is 16.0. The Labute approximate surface area is 120 Å². The second kappa shape index (κ2) is 6.59. The van der Waals surface area contributed by atoms with Crippen LogP contribution in [0.4, 0.5) is 14.5 Å². The minimum atomic E-state index is -0.740. The van der Waals surface area contributed by atoms with Gasteiger partial charge in [0.25, 0.3) is 5.91 Å². The summed E-state index contributed by atoms with van der Waals surface area (Å²) in [6.45, 7) is 0.133. The molecule has 0 atom stereocenters. The number of halogens is 2. The molecule has 1 amide bonds. The number of hydrogen-bond donors (Lipinski definition) is 2. The van der Waals surface area contributed by atoms with Gasteiger partial charge < -0.3 is 11.1 Å². The van der Waals surface area contributed by atoms with Gasteiger partial charge in [-0.05, 0) is 24.3 Å². The summed E-state index contributed by atoms with van der Waals surface area (Å²) in [6, 6.07) is 5.98. The van der Waals surface area contributed by atoms with E-state index >= 15 is 0 Å². The van der Waals surface area contributed by atoms with Crippen LogP contribution in [0, 0.1) is 23.5 Å². The maximum absolute atomic E-state index is 13.5. The topological polar surface area (TPSA) is 68.0 Å². The fourth-order valence-electron chi connectivity index (χ4n) is 1.61. The number of pyridine rings is 1. The number of rotatable bonds is 2. The van der Waals surface area contributed by atoms with Crippen molar-refractivity contribution in [1.29, 1.82) is 0 Å². The van der Waals surface area contributed by atoms with Crippen LogP contribution >= 0.6 is 0 Å². The Bertz CT molecular complexity index is 735. The predicted octanol–water partition coefficient (Wildman–Crippen LogP) is 1.92. The molecular formula is C15H11F2N3O. The first kappa shape index (κ1) is 14.6. The van der Waals surface area contributed by atoms with Crippen molar-refractivity contribution >= 4 is 11.6 Å². The molecule has 0 spiro atoms. The zero-order valence-corrected chi connectivity index (χ0v) is 10.9. The van der Waals surface area contributed by atoms with Crippen LogP contribution in [0.5, 0.6) is 0 Å². The lowest BCUT2D eigenvalue weighted by Crippen LogP contribution is -2.16. The molecule has 4 nitrogen and oxygen atoms in total. The Kier molecular flexibility index (Phi) is 4.59. The van der Waals surface area contributed by atoms with E-state index in [2.05, 4.69) is 22.1 Å². The summed E-state index contributed by atoms with van der Waals surface area (Å²) in [5.74, 6) is 3.23. The second-order valence-corrected chi connectivity index (χ2v) is 3.98. The molecule has 0 bridgehead atoms. The first-order chi connectivity index (χ1) is 10.1. The number of amides is 1. The smallest absolute Gasteiger partial charge is 0.275 e. The third-order valence-electron chi connectivity index (χ3n) is 2.52. The highest BCUT2D eigenvalue weighted by Crippen LogP contribution is 2.16. The number of nitrogens with one attached hydrogen (secondary N) is 1. The van der Waals surface area contributed by atoms with Crippen LogP contribution in [-0.4, -0.2) is 17.4 Å². The highest BCUT2D eigenvalue weighted by Gasteiger charge is 2.14. The first-order valence-electron chi connectivity index (χ1n) is 6.02. The molecule has 6 heteroatoms. The van der Waals surface area contributed by atoms with Crippen molar-refractivity contribution in [2.45, 2.75) is 0 Å². The molecule has 0 fully saturated rings. The van der Waals surface area contributed by atoms with E-state index in [1.807, 2.05) is 0 Å². The third kappa shape index (κ3) is 3.61. The summed E-state index contributed by atoms with van der Waals surface area (Å²) >= 11 is 0. The van der Waals surface area contributed by atoms with E-state index in [1.165, 1.54) is 6.20 Å². The SMILES string of the molecule is NCC#Cc1cccnc1C(=O)Nc1cc(F)ccc1F. The lowest BCUT2D eigenvalue weighted by Gasteiger charge is -2.07. The van der Waals surface area contributed by atoms with Gasteiger partial charge in [-0.1, -0.05) is 11.8 Å². The highest BCUT2D eigenvalue weighted by atomic mass is 19.1. The summed E-state index contributed by atoms with van der Waals surface area (Å²) in [6.07, 6.45) is 1.41.